The Morgan fingerprint density at radius 3 is 1.11 bits per heavy atom. The highest BCUT2D eigenvalue weighted by Gasteiger charge is 2.28. The van der Waals surface area contributed by atoms with Gasteiger partial charge in [-0.15, -0.1) is 38.7 Å². The fraction of sp³-hybridized carbons (Fsp3) is 0. The first-order valence-electron chi connectivity index (χ1n) is 22.6. The predicted octanol–water partition coefficient (Wildman–Crippen LogP) is -13.9. The average Bonchev–Trinajstić information content (AvgIpc) is 3.71. The molecule has 9 rings (SSSR count). The van der Waals surface area contributed by atoms with Crippen LogP contribution in [-0.4, -0.2) is 133 Å². The molecule has 9 aromatic rings. The van der Waals surface area contributed by atoms with E-state index in [0.29, 0.717) is 17.5 Å². The lowest BCUT2D eigenvalue weighted by Crippen LogP contribution is -2.51. The van der Waals surface area contributed by atoms with E-state index in [-0.39, 0.29) is 0 Å². The monoisotopic (exact) mass is 823 g/mol. The van der Waals surface area contributed by atoms with E-state index in [1.54, 1.807) is 0 Å². The maximum Gasteiger partial charge on any atom is 0.164 e. The molecule has 3 nitrogen and oxygen atoms in total. The number of aromatic nitrogens is 3. The van der Waals surface area contributed by atoms with Gasteiger partial charge < -0.3 is 0 Å². The summed E-state index contributed by atoms with van der Waals surface area (Å²) >= 11 is 2.00. The van der Waals surface area contributed by atoms with Crippen molar-refractivity contribution in [3.63, 3.8) is 0 Å². The molecule has 7 aromatic carbocycles. The van der Waals surface area contributed by atoms with Crippen LogP contribution in [0, 0.1) is 0 Å². The van der Waals surface area contributed by atoms with Crippen LogP contribution in [0.25, 0.3) is 87.7 Å². The molecule has 0 aliphatic heterocycles. The van der Waals surface area contributed by atoms with E-state index in [2.05, 4.69) is 197 Å². The molecule has 0 unspecified atom stereocenters. The maximum atomic E-state index is 5.36. The molecule has 0 atom stereocenters. The summed E-state index contributed by atoms with van der Waals surface area (Å²) in [5, 5.41) is 2.86. The van der Waals surface area contributed by atoms with Crippen molar-refractivity contribution < 1.29 is 0 Å². The van der Waals surface area contributed by atoms with Gasteiger partial charge in [0.15, 0.2) is 17.5 Å². The predicted molar refractivity (Wildman–Crippen MR) is 328 cm³/mol. The highest BCUT2D eigenvalue weighted by molar-refractivity contribution is 7.28. The fourth-order valence-corrected chi connectivity index (χ4v) is 12.1. The normalized spacial score (nSPS) is 11.4. The van der Waals surface area contributed by atoms with Crippen molar-refractivity contribution in [1.29, 1.82) is 0 Å². The van der Waals surface area contributed by atoms with E-state index in [4.69, 9.17) is 15.0 Å². The Labute approximate surface area is 396 Å². The lowest BCUT2D eigenvalue weighted by atomic mass is 9.56. The van der Waals surface area contributed by atoms with Gasteiger partial charge in [-0.25, -0.2) is 15.0 Å². The molecule has 0 bridgehead atoms. The van der Waals surface area contributed by atoms with Gasteiger partial charge in [0.1, 0.15) is 118 Å². The highest BCUT2D eigenvalue weighted by Crippen LogP contribution is 2.35. The van der Waals surface area contributed by atoms with Gasteiger partial charge in [0.25, 0.3) is 0 Å². The van der Waals surface area contributed by atoms with Gasteiger partial charge in [0, 0.05) is 26.1 Å². The summed E-state index contributed by atoms with van der Waals surface area (Å²) < 4.78 is 2.83. The number of thiophene rings is 1. The second-order valence-electron chi connectivity index (χ2n) is 18.4. The maximum absolute atomic E-state index is 5.36. The molecular weight excluding hydrogens is 777 g/mol. The Balaban J connectivity index is 1.32. The molecular formula is C45H44B15N3S. The largest absolute Gasteiger partial charge is 0.208 e. The van der Waals surface area contributed by atoms with Gasteiger partial charge in [-0.3, -0.25) is 0 Å². The fourth-order valence-electron chi connectivity index (χ4n) is 10.6. The number of hydrogen-bond donors (Lipinski definition) is 0. The second-order valence-corrected chi connectivity index (χ2v) is 19.4. The summed E-state index contributed by atoms with van der Waals surface area (Å²) in [6, 6.07) is 29.4. The van der Waals surface area contributed by atoms with Crippen LogP contribution in [0.3, 0.4) is 0 Å². The van der Waals surface area contributed by atoms with Crippen LogP contribution >= 0.6 is 11.3 Å². The van der Waals surface area contributed by atoms with Crippen molar-refractivity contribution in [1.82, 2.24) is 15.0 Å². The van der Waals surface area contributed by atoms with Crippen LogP contribution in [0.5, 0.6) is 0 Å². The summed E-state index contributed by atoms with van der Waals surface area (Å²) in [5.41, 5.74) is 30.8. The van der Waals surface area contributed by atoms with Crippen LogP contribution in [0.4, 0.5) is 0 Å². The van der Waals surface area contributed by atoms with Crippen LogP contribution in [0.1, 0.15) is 0 Å². The zero-order valence-corrected chi connectivity index (χ0v) is 41.1. The minimum absolute atomic E-state index is 0.663. The van der Waals surface area contributed by atoms with Gasteiger partial charge >= 0.3 is 0 Å². The zero-order valence-electron chi connectivity index (χ0n) is 40.3. The van der Waals surface area contributed by atoms with E-state index >= 15 is 0 Å². The minimum Gasteiger partial charge on any atom is -0.208 e. The molecule has 0 fully saturated rings. The first-order valence-corrected chi connectivity index (χ1v) is 23.5. The Bertz CT molecular complexity index is 3440. The Kier molecular flexibility index (Phi) is 11.4. The summed E-state index contributed by atoms with van der Waals surface area (Å²) in [6.45, 7) is 0. The molecule has 64 heavy (non-hydrogen) atoms. The molecule has 0 spiro atoms. The van der Waals surface area contributed by atoms with Gasteiger partial charge in [0.05, 0.1) is 0 Å². The Morgan fingerprint density at radius 1 is 0.250 bits per heavy atom. The summed E-state index contributed by atoms with van der Waals surface area (Å²) in [4.78, 5) is 15.8. The topological polar surface area (TPSA) is 38.7 Å². The number of benzene rings is 7. The van der Waals surface area contributed by atoms with Crippen LogP contribution in [-0.2, 0) is 0 Å². The van der Waals surface area contributed by atoms with E-state index in [9.17, 15) is 0 Å². The molecule has 0 aliphatic rings. The van der Waals surface area contributed by atoms with E-state index in [0.717, 1.165) is 22.3 Å². The van der Waals surface area contributed by atoms with Crippen molar-refractivity contribution >= 4 is 231 Å². The number of fused-ring (bicyclic) bond motifs is 3. The number of rotatable bonds is 6. The Morgan fingerprint density at radius 2 is 0.578 bits per heavy atom. The van der Waals surface area contributed by atoms with Crippen LogP contribution in [0.2, 0.25) is 0 Å². The first kappa shape index (κ1) is 44.0. The molecule has 0 saturated carbocycles. The quantitative estimate of drug-likeness (QED) is 0.157. The lowest BCUT2D eigenvalue weighted by Gasteiger charge is -2.29. The van der Waals surface area contributed by atoms with Crippen LogP contribution < -0.4 is 81.9 Å². The Hall–Kier alpha value is -5.26. The third-order valence-corrected chi connectivity index (χ3v) is 16.6. The van der Waals surface area contributed by atoms with Crippen molar-refractivity contribution in [2.45, 2.75) is 0 Å². The van der Waals surface area contributed by atoms with Crippen molar-refractivity contribution in [2.75, 3.05) is 0 Å². The van der Waals surface area contributed by atoms with Crippen LogP contribution in [0.15, 0.2) is 84.9 Å². The number of nitrogens with zero attached hydrogens (tertiary/aromatic N) is 3. The van der Waals surface area contributed by atoms with Crippen molar-refractivity contribution in [3.05, 3.63) is 84.9 Å². The molecule has 290 valence electrons. The molecule has 0 saturated heterocycles. The molecule has 2 heterocycles. The summed E-state index contributed by atoms with van der Waals surface area (Å²) in [5.74, 6) is 2.03. The van der Waals surface area contributed by atoms with Gasteiger partial charge in [-0.1, -0.05) is 140 Å². The lowest BCUT2D eigenvalue weighted by molar-refractivity contribution is 1.08. The smallest absolute Gasteiger partial charge is 0.164 e. The molecule has 0 aliphatic carbocycles. The van der Waals surface area contributed by atoms with E-state index in [1.165, 1.54) is 130 Å². The standard InChI is InChI=1S/C45H44B15N3S/c46-26-19(28(48)35(55)30(50)21(26)22-31(51)37(57)32(52)23-24-33(53)38(58)39(59)40(60)42(24)64-41(22)23)20-27(47)25(34(54)36(56)29(20)49)45-62-43(17-9-5-2-6-10-17)61-44(63-45)18-13-11-16(12-14-18)15-7-3-1-4-8-15/h1-14H,46-60H2. The van der Waals surface area contributed by atoms with Gasteiger partial charge in [0.2, 0.25) is 0 Å². The minimum atomic E-state index is 0.663. The second kappa shape index (κ2) is 16.6. The van der Waals surface area contributed by atoms with Gasteiger partial charge in [-0.05, 0) is 44.2 Å². The zero-order chi connectivity index (χ0) is 45.6. The van der Waals surface area contributed by atoms with Crippen molar-refractivity contribution in [3.8, 4) is 67.5 Å². The third-order valence-electron chi connectivity index (χ3n) is 15.3. The summed E-state index contributed by atoms with van der Waals surface area (Å²) in [6.07, 6.45) is 0. The van der Waals surface area contributed by atoms with Crippen molar-refractivity contribution in [2.24, 2.45) is 0 Å². The molecule has 19 heteroatoms. The van der Waals surface area contributed by atoms with E-state index in [1.807, 2.05) is 17.4 Å². The summed E-state index contributed by atoms with van der Waals surface area (Å²) in [7, 11) is 34.8. The van der Waals surface area contributed by atoms with E-state index < -0.39 is 0 Å². The highest BCUT2D eigenvalue weighted by atomic mass is 32.1. The average molecular weight is 821 g/mol. The van der Waals surface area contributed by atoms with Gasteiger partial charge in [-0.2, -0.15) is 0 Å². The number of hydrogen-bond acceptors (Lipinski definition) is 4. The SMILES string of the molecule is Bc1c(B)c(-c2nc(-c3ccccc3)nc(-c3ccc(-c4ccccc4)cc3)n2)c(B)c(-c2c(B)c(B)c(B)c(-c3c(B)c(B)c(B)c4c3sc3c(B)c(B)c(B)c(B)c34)c2B)c1B. The molecule has 0 N–H and O–H groups in total. The first-order chi connectivity index (χ1) is 30.5. The molecule has 0 radical (unpaired) electrons. The third kappa shape index (κ3) is 6.82. The molecule has 0 amide bonds. The molecule has 2 aromatic heterocycles.